The minimum Gasteiger partial charge on any atom is -0.326 e. The number of nitrogens with one attached hydrogen (secondary N) is 3. The van der Waals surface area contributed by atoms with E-state index in [0.29, 0.717) is 17.9 Å². The van der Waals surface area contributed by atoms with Crippen molar-refractivity contribution in [2.75, 3.05) is 17.2 Å². The predicted octanol–water partition coefficient (Wildman–Crippen LogP) is 2.61. The molecule has 0 saturated carbocycles. The van der Waals surface area contributed by atoms with Crippen LogP contribution < -0.4 is 16.0 Å². The lowest BCUT2D eigenvalue weighted by Gasteiger charge is -2.24. The van der Waals surface area contributed by atoms with Crippen molar-refractivity contribution in [2.24, 2.45) is 5.92 Å². The van der Waals surface area contributed by atoms with E-state index in [4.69, 9.17) is 0 Å². The fraction of sp³-hybridized carbons (Fsp3) is 0.500. The van der Waals surface area contributed by atoms with Gasteiger partial charge in [0.2, 0.25) is 11.8 Å². The second kappa shape index (κ2) is 7.22. The van der Waals surface area contributed by atoms with E-state index in [9.17, 15) is 9.59 Å². The highest BCUT2D eigenvalue weighted by Gasteiger charge is 2.26. The molecular weight excluding hydrogens is 266 g/mol. The monoisotopic (exact) mass is 291 g/mol. The predicted molar refractivity (Wildman–Crippen MR) is 86.3 cm³/mol. The van der Waals surface area contributed by atoms with Crippen LogP contribution in [-0.2, 0) is 9.59 Å². The second-order valence-corrected chi connectivity index (χ2v) is 5.83. The van der Waals surface area contributed by atoms with Gasteiger partial charge in [-0.2, -0.15) is 0 Å². The third-order valence-electron chi connectivity index (χ3n) is 3.10. The van der Waals surface area contributed by atoms with Gasteiger partial charge in [0.15, 0.2) is 0 Å². The summed E-state index contributed by atoms with van der Waals surface area (Å²) in [6.07, 6.45) is 0. The number of amides is 2. The maximum absolute atomic E-state index is 12.2. The van der Waals surface area contributed by atoms with E-state index in [-0.39, 0.29) is 17.7 Å². The lowest BCUT2D eigenvalue weighted by Crippen LogP contribution is -2.49. The van der Waals surface area contributed by atoms with Crippen molar-refractivity contribution < 1.29 is 9.59 Å². The maximum atomic E-state index is 12.2. The molecule has 2 amide bonds. The average molecular weight is 291 g/mol. The molecule has 0 saturated heterocycles. The summed E-state index contributed by atoms with van der Waals surface area (Å²) in [5, 5.41) is 8.79. The zero-order valence-electron chi connectivity index (χ0n) is 13.4. The quantitative estimate of drug-likeness (QED) is 0.754. The average Bonchev–Trinajstić information content (AvgIpc) is 2.38. The molecule has 0 aliphatic heterocycles. The zero-order valence-corrected chi connectivity index (χ0v) is 13.4. The summed E-state index contributed by atoms with van der Waals surface area (Å²) in [5.74, 6) is -0.251. The van der Waals surface area contributed by atoms with E-state index in [1.807, 2.05) is 34.6 Å². The second-order valence-electron chi connectivity index (χ2n) is 5.83. The van der Waals surface area contributed by atoms with Crippen LogP contribution in [0.2, 0.25) is 0 Å². The molecule has 0 heterocycles. The lowest BCUT2D eigenvalue weighted by atomic mass is 10.0. The van der Waals surface area contributed by atoms with Crippen molar-refractivity contribution in [3.63, 3.8) is 0 Å². The molecule has 1 aromatic rings. The first-order valence-electron chi connectivity index (χ1n) is 7.23. The van der Waals surface area contributed by atoms with Gasteiger partial charge in [0.05, 0.1) is 5.54 Å². The van der Waals surface area contributed by atoms with Gasteiger partial charge in [-0.05, 0) is 38.6 Å². The van der Waals surface area contributed by atoms with Crippen LogP contribution in [0.25, 0.3) is 0 Å². The first-order valence-corrected chi connectivity index (χ1v) is 7.23. The Morgan fingerprint density at radius 2 is 1.71 bits per heavy atom. The molecule has 1 rings (SSSR count). The number of carbonyl (C=O) groups is 2. The Labute approximate surface area is 126 Å². The van der Waals surface area contributed by atoms with Crippen molar-refractivity contribution in [2.45, 2.75) is 40.2 Å². The molecule has 0 radical (unpaired) electrons. The van der Waals surface area contributed by atoms with Crippen LogP contribution in [-0.4, -0.2) is 23.9 Å². The fourth-order valence-electron chi connectivity index (χ4n) is 1.77. The van der Waals surface area contributed by atoms with Gasteiger partial charge < -0.3 is 16.0 Å². The number of hydrogen-bond acceptors (Lipinski definition) is 3. The number of likely N-dealkylation sites (N-methyl/N-ethyl adjacent to an activating group) is 1. The highest BCUT2D eigenvalue weighted by molar-refractivity contribution is 5.98. The normalized spacial score (nSPS) is 11.3. The van der Waals surface area contributed by atoms with Crippen LogP contribution in [0, 0.1) is 5.92 Å². The molecular formula is C16H25N3O2. The molecule has 0 bridgehead atoms. The molecule has 0 aliphatic rings. The van der Waals surface area contributed by atoms with Crippen LogP contribution in [0.1, 0.15) is 34.6 Å². The Morgan fingerprint density at radius 1 is 1.14 bits per heavy atom. The summed E-state index contributed by atoms with van der Waals surface area (Å²) in [7, 11) is 0. The molecule has 5 nitrogen and oxygen atoms in total. The molecule has 0 fully saturated rings. The van der Waals surface area contributed by atoms with Gasteiger partial charge in [0, 0.05) is 17.3 Å². The third-order valence-corrected chi connectivity index (χ3v) is 3.10. The van der Waals surface area contributed by atoms with Gasteiger partial charge in [-0.1, -0.05) is 26.8 Å². The Kier molecular flexibility index (Phi) is 5.90. The van der Waals surface area contributed by atoms with Crippen LogP contribution in [0.3, 0.4) is 0 Å². The van der Waals surface area contributed by atoms with Crippen molar-refractivity contribution in [1.29, 1.82) is 0 Å². The minimum absolute atomic E-state index is 0.0496. The molecule has 5 heteroatoms. The maximum Gasteiger partial charge on any atom is 0.244 e. The summed E-state index contributed by atoms with van der Waals surface area (Å²) in [6, 6.07) is 7.14. The summed E-state index contributed by atoms with van der Waals surface area (Å²) in [4.78, 5) is 23.9. The lowest BCUT2D eigenvalue weighted by molar-refractivity contribution is -0.121. The Balaban J connectivity index is 2.77. The van der Waals surface area contributed by atoms with Crippen LogP contribution in [0.4, 0.5) is 11.4 Å². The van der Waals surface area contributed by atoms with Gasteiger partial charge in [-0.15, -0.1) is 0 Å². The number of carbonyl (C=O) groups excluding carboxylic acids is 2. The molecule has 0 atom stereocenters. The van der Waals surface area contributed by atoms with Gasteiger partial charge in [-0.3, -0.25) is 9.59 Å². The van der Waals surface area contributed by atoms with E-state index in [1.165, 1.54) is 0 Å². The van der Waals surface area contributed by atoms with E-state index >= 15 is 0 Å². The molecule has 116 valence electrons. The number of benzene rings is 1. The topological polar surface area (TPSA) is 70.2 Å². The summed E-state index contributed by atoms with van der Waals surface area (Å²) in [6.45, 7) is 9.99. The smallest absolute Gasteiger partial charge is 0.244 e. The molecule has 0 aromatic heterocycles. The van der Waals surface area contributed by atoms with E-state index in [0.717, 1.165) is 0 Å². The Bertz CT molecular complexity index is 510. The van der Waals surface area contributed by atoms with E-state index < -0.39 is 5.54 Å². The van der Waals surface area contributed by atoms with Gasteiger partial charge >= 0.3 is 0 Å². The number of hydrogen-bond donors (Lipinski definition) is 3. The fourth-order valence-corrected chi connectivity index (χ4v) is 1.77. The SMILES string of the molecule is CCNC(C)(C)C(=O)Nc1cccc(NC(=O)C(C)C)c1. The van der Waals surface area contributed by atoms with Crippen molar-refractivity contribution >= 4 is 23.2 Å². The van der Waals surface area contributed by atoms with Crippen molar-refractivity contribution in [1.82, 2.24) is 5.32 Å². The molecule has 3 N–H and O–H groups in total. The molecule has 0 spiro atoms. The summed E-state index contributed by atoms with van der Waals surface area (Å²) < 4.78 is 0. The van der Waals surface area contributed by atoms with Gasteiger partial charge in [0.1, 0.15) is 0 Å². The Morgan fingerprint density at radius 3 is 2.24 bits per heavy atom. The first kappa shape index (κ1) is 17.2. The summed E-state index contributed by atoms with van der Waals surface area (Å²) in [5.41, 5.74) is 0.687. The zero-order chi connectivity index (χ0) is 16.0. The van der Waals surface area contributed by atoms with Crippen LogP contribution >= 0.6 is 0 Å². The third kappa shape index (κ3) is 5.19. The largest absolute Gasteiger partial charge is 0.326 e. The van der Waals surface area contributed by atoms with Gasteiger partial charge in [-0.25, -0.2) is 0 Å². The molecule has 0 unspecified atom stereocenters. The first-order chi connectivity index (χ1) is 9.76. The Hall–Kier alpha value is -1.88. The van der Waals surface area contributed by atoms with E-state index in [2.05, 4.69) is 16.0 Å². The highest BCUT2D eigenvalue weighted by Crippen LogP contribution is 2.17. The highest BCUT2D eigenvalue weighted by atomic mass is 16.2. The standard InChI is InChI=1S/C16H25N3O2/c1-6-17-16(4,5)15(21)19-13-9-7-8-12(10-13)18-14(20)11(2)3/h7-11,17H,6H2,1-5H3,(H,18,20)(H,19,21). The molecule has 1 aromatic carbocycles. The van der Waals surface area contributed by atoms with Crippen molar-refractivity contribution in [3.05, 3.63) is 24.3 Å². The summed E-state index contributed by atoms with van der Waals surface area (Å²) >= 11 is 0. The molecule has 0 aliphatic carbocycles. The molecule has 21 heavy (non-hydrogen) atoms. The number of anilines is 2. The van der Waals surface area contributed by atoms with Crippen LogP contribution in [0.5, 0.6) is 0 Å². The van der Waals surface area contributed by atoms with Gasteiger partial charge in [0.25, 0.3) is 0 Å². The number of rotatable bonds is 6. The van der Waals surface area contributed by atoms with E-state index in [1.54, 1.807) is 24.3 Å². The van der Waals surface area contributed by atoms with Crippen LogP contribution in [0.15, 0.2) is 24.3 Å². The van der Waals surface area contributed by atoms with Crippen molar-refractivity contribution in [3.8, 4) is 0 Å². The minimum atomic E-state index is -0.647.